The summed E-state index contributed by atoms with van der Waals surface area (Å²) in [6, 6.07) is 5.63. The molecule has 0 aromatic heterocycles. The van der Waals surface area contributed by atoms with Gasteiger partial charge in [-0.2, -0.15) is 5.26 Å². The average Bonchev–Trinajstić information content (AvgIpc) is 2.76. The lowest BCUT2D eigenvalue weighted by molar-refractivity contribution is -0.143. The molecule has 0 spiro atoms. The number of carbonyl (C=O) groups excluding carboxylic acids is 3. The predicted octanol–water partition coefficient (Wildman–Crippen LogP) is 4.94. The number of aryl methyl sites for hydroxylation is 2. The summed E-state index contributed by atoms with van der Waals surface area (Å²) >= 11 is 0. The third kappa shape index (κ3) is 9.18. The molecule has 200 valence electrons. The number of ether oxygens (including phenoxy) is 1. The van der Waals surface area contributed by atoms with Gasteiger partial charge in [0.2, 0.25) is 11.8 Å². The van der Waals surface area contributed by atoms with Gasteiger partial charge < -0.3 is 20.3 Å². The smallest absolute Gasteiger partial charge is 0.408 e. The molecule has 0 radical (unpaired) electrons. The number of hydrogen-bond donors (Lipinski definition) is 2. The molecule has 0 saturated heterocycles. The van der Waals surface area contributed by atoms with Crippen molar-refractivity contribution in [3.63, 3.8) is 0 Å². The van der Waals surface area contributed by atoms with E-state index in [0.717, 1.165) is 24.0 Å². The summed E-state index contributed by atoms with van der Waals surface area (Å²) in [5.41, 5.74) is 1.77. The lowest BCUT2D eigenvalue weighted by atomic mass is 9.93. The van der Waals surface area contributed by atoms with E-state index in [-0.39, 0.29) is 24.4 Å². The van der Waals surface area contributed by atoms with Crippen LogP contribution >= 0.6 is 0 Å². The molecule has 8 nitrogen and oxygen atoms in total. The summed E-state index contributed by atoms with van der Waals surface area (Å²) in [4.78, 5) is 41.5. The van der Waals surface area contributed by atoms with E-state index in [1.54, 1.807) is 20.8 Å². The third-order valence-electron chi connectivity index (χ3n) is 6.07. The van der Waals surface area contributed by atoms with Gasteiger partial charge in [0.15, 0.2) is 0 Å². The highest BCUT2D eigenvalue weighted by molar-refractivity contribution is 5.92. The van der Waals surface area contributed by atoms with Gasteiger partial charge in [-0.15, -0.1) is 0 Å². The maximum atomic E-state index is 14.0. The molecule has 2 N–H and O–H groups in total. The van der Waals surface area contributed by atoms with Crippen molar-refractivity contribution in [2.45, 2.75) is 105 Å². The van der Waals surface area contributed by atoms with Gasteiger partial charge in [0.05, 0.1) is 6.07 Å². The van der Waals surface area contributed by atoms with E-state index in [1.807, 2.05) is 65.8 Å². The van der Waals surface area contributed by atoms with Gasteiger partial charge >= 0.3 is 6.09 Å². The molecule has 1 aromatic rings. The van der Waals surface area contributed by atoms with Gasteiger partial charge in [0.1, 0.15) is 24.2 Å². The fourth-order valence-corrected chi connectivity index (χ4v) is 4.08. The summed E-state index contributed by atoms with van der Waals surface area (Å²) < 4.78 is 5.39. The van der Waals surface area contributed by atoms with E-state index in [9.17, 15) is 19.6 Å². The molecule has 0 heterocycles. The van der Waals surface area contributed by atoms with Crippen LogP contribution in [0.3, 0.4) is 0 Å². The highest BCUT2D eigenvalue weighted by atomic mass is 16.6. The van der Waals surface area contributed by atoms with E-state index >= 15 is 0 Å². The van der Waals surface area contributed by atoms with E-state index in [2.05, 4.69) is 10.6 Å². The van der Waals surface area contributed by atoms with Crippen LogP contribution in [0.4, 0.5) is 4.79 Å². The lowest BCUT2D eigenvalue weighted by Gasteiger charge is -2.35. The maximum Gasteiger partial charge on any atom is 0.408 e. The summed E-state index contributed by atoms with van der Waals surface area (Å²) in [5.74, 6) is -1.11. The molecular weight excluding hydrogens is 456 g/mol. The second-order valence-electron chi connectivity index (χ2n) is 10.6. The molecule has 0 aliphatic carbocycles. The zero-order chi connectivity index (χ0) is 27.6. The number of nitriles is 1. The molecule has 0 aliphatic heterocycles. The third-order valence-corrected chi connectivity index (χ3v) is 6.07. The van der Waals surface area contributed by atoms with Crippen LogP contribution in [0.5, 0.6) is 0 Å². The quantitative estimate of drug-likeness (QED) is 0.418. The molecule has 8 heteroatoms. The van der Waals surface area contributed by atoms with Crippen molar-refractivity contribution in [2.75, 3.05) is 6.54 Å². The Labute approximate surface area is 216 Å². The van der Waals surface area contributed by atoms with Crippen molar-refractivity contribution in [1.82, 2.24) is 15.5 Å². The first-order valence-corrected chi connectivity index (χ1v) is 12.8. The number of amides is 3. The first-order valence-electron chi connectivity index (χ1n) is 12.8. The monoisotopic (exact) mass is 500 g/mol. The average molecular weight is 501 g/mol. The van der Waals surface area contributed by atoms with Gasteiger partial charge in [0, 0.05) is 6.04 Å². The predicted molar refractivity (Wildman–Crippen MR) is 141 cm³/mol. The molecule has 4 atom stereocenters. The molecule has 3 amide bonds. The fourth-order valence-electron chi connectivity index (χ4n) is 4.08. The normalized spacial score (nSPS) is 14.6. The SMILES string of the molecule is CCCC(C)NC(=O)C(c1ccc(C)cc1C)N(CC#N)C(=O)C(NC(=O)OC(C)(C)C)C(C)CC. The summed E-state index contributed by atoms with van der Waals surface area (Å²) in [5, 5.41) is 15.4. The number of rotatable bonds is 11. The number of carbonyl (C=O) groups is 3. The van der Waals surface area contributed by atoms with Crippen LogP contribution in [0.1, 0.15) is 90.5 Å². The zero-order valence-corrected chi connectivity index (χ0v) is 23.4. The minimum absolute atomic E-state index is 0.0972. The Bertz CT molecular complexity index is 948. The summed E-state index contributed by atoms with van der Waals surface area (Å²) in [7, 11) is 0. The van der Waals surface area contributed by atoms with E-state index < -0.39 is 29.7 Å². The molecule has 0 saturated carbocycles. The Morgan fingerprint density at radius 3 is 2.25 bits per heavy atom. The molecule has 0 fully saturated rings. The van der Waals surface area contributed by atoms with Crippen molar-refractivity contribution in [3.05, 3.63) is 34.9 Å². The van der Waals surface area contributed by atoms with Crippen molar-refractivity contribution in [2.24, 2.45) is 5.92 Å². The summed E-state index contributed by atoms with van der Waals surface area (Å²) in [6.45, 7) is 16.5. The van der Waals surface area contributed by atoms with Crippen LogP contribution in [0.25, 0.3) is 0 Å². The van der Waals surface area contributed by atoms with Gasteiger partial charge in [-0.05, 0) is 65.0 Å². The number of alkyl carbamates (subject to hydrolysis) is 1. The van der Waals surface area contributed by atoms with Gasteiger partial charge in [0.25, 0.3) is 0 Å². The number of hydrogen-bond acceptors (Lipinski definition) is 5. The Kier molecular flexibility index (Phi) is 11.9. The standard InChI is InChI=1S/C28H44N4O4/c1-10-12-21(6)30-25(33)24(22-14-13-18(3)17-20(22)5)32(16-15-29)26(34)23(19(4)11-2)31-27(35)36-28(7,8)9/h13-14,17,19,21,23-24H,10-12,16H2,1-9H3,(H,30,33)(H,31,35). The zero-order valence-electron chi connectivity index (χ0n) is 23.4. The van der Waals surface area contributed by atoms with Crippen LogP contribution in [0.2, 0.25) is 0 Å². The van der Waals surface area contributed by atoms with Crippen LogP contribution < -0.4 is 10.6 Å². The van der Waals surface area contributed by atoms with Crippen LogP contribution in [-0.2, 0) is 14.3 Å². The molecule has 0 aliphatic rings. The fraction of sp³-hybridized carbons (Fsp3) is 0.643. The Morgan fingerprint density at radius 2 is 1.75 bits per heavy atom. The highest BCUT2D eigenvalue weighted by Crippen LogP contribution is 2.28. The first-order chi connectivity index (χ1) is 16.7. The first kappa shape index (κ1) is 31.0. The molecule has 4 unspecified atom stereocenters. The van der Waals surface area contributed by atoms with Crippen molar-refractivity contribution in [1.29, 1.82) is 5.26 Å². The number of nitrogens with one attached hydrogen (secondary N) is 2. The highest BCUT2D eigenvalue weighted by Gasteiger charge is 2.38. The number of benzene rings is 1. The minimum Gasteiger partial charge on any atom is -0.444 e. The second kappa shape index (κ2) is 13.9. The van der Waals surface area contributed by atoms with Crippen LogP contribution in [0.15, 0.2) is 18.2 Å². The van der Waals surface area contributed by atoms with E-state index in [1.165, 1.54) is 4.90 Å². The van der Waals surface area contributed by atoms with Gasteiger partial charge in [-0.1, -0.05) is 57.4 Å². The second-order valence-corrected chi connectivity index (χ2v) is 10.6. The molecule has 1 aromatic carbocycles. The minimum atomic E-state index is -1.02. The Balaban J connectivity index is 3.54. The summed E-state index contributed by atoms with van der Waals surface area (Å²) in [6.07, 6.45) is 1.56. The molecule has 0 bridgehead atoms. The van der Waals surface area contributed by atoms with Gasteiger partial charge in [-0.25, -0.2) is 4.79 Å². The topological polar surface area (TPSA) is 112 Å². The number of nitrogens with zero attached hydrogens (tertiary/aromatic N) is 2. The Morgan fingerprint density at radius 1 is 1.11 bits per heavy atom. The van der Waals surface area contributed by atoms with Crippen LogP contribution in [-0.4, -0.2) is 47.0 Å². The van der Waals surface area contributed by atoms with Crippen molar-refractivity contribution < 1.29 is 19.1 Å². The Hall–Kier alpha value is -3.08. The largest absolute Gasteiger partial charge is 0.444 e. The van der Waals surface area contributed by atoms with Crippen molar-refractivity contribution >= 4 is 17.9 Å². The van der Waals surface area contributed by atoms with Crippen molar-refractivity contribution in [3.8, 4) is 6.07 Å². The molecular formula is C28H44N4O4. The lowest BCUT2D eigenvalue weighted by Crippen LogP contribution is -2.55. The maximum absolute atomic E-state index is 14.0. The van der Waals surface area contributed by atoms with E-state index in [0.29, 0.717) is 12.0 Å². The molecule has 36 heavy (non-hydrogen) atoms. The van der Waals surface area contributed by atoms with E-state index in [4.69, 9.17) is 4.74 Å². The van der Waals surface area contributed by atoms with Gasteiger partial charge in [-0.3, -0.25) is 9.59 Å². The molecule has 1 rings (SSSR count). The van der Waals surface area contributed by atoms with Crippen LogP contribution in [0, 0.1) is 31.1 Å².